The van der Waals surface area contributed by atoms with Gasteiger partial charge in [-0.1, -0.05) is 39.3 Å². The van der Waals surface area contributed by atoms with Crippen LogP contribution in [-0.2, 0) is 0 Å². The Morgan fingerprint density at radius 1 is 1.40 bits per heavy atom. The molecule has 1 heteroatoms. The number of hydrogen-bond donors (Lipinski definition) is 0. The topological polar surface area (TPSA) is 23.8 Å². The molecular weight excluding hydrogens is 182 g/mol. The van der Waals surface area contributed by atoms with Crippen molar-refractivity contribution in [3.63, 3.8) is 0 Å². The van der Waals surface area contributed by atoms with Gasteiger partial charge in [0.15, 0.2) is 0 Å². The molecule has 0 radical (unpaired) electrons. The second-order valence-corrected chi connectivity index (χ2v) is 5.71. The van der Waals surface area contributed by atoms with Crippen LogP contribution in [0.1, 0.15) is 47.5 Å². The van der Waals surface area contributed by atoms with E-state index < -0.39 is 0 Å². The van der Waals surface area contributed by atoms with E-state index >= 15 is 0 Å². The zero-order valence-electron chi connectivity index (χ0n) is 10.5. The summed E-state index contributed by atoms with van der Waals surface area (Å²) in [6.45, 7) is 10.9. The molecular formula is C14H21N. The van der Waals surface area contributed by atoms with Gasteiger partial charge in [-0.25, -0.2) is 0 Å². The van der Waals surface area contributed by atoms with Crippen LogP contribution in [-0.4, -0.2) is 0 Å². The Labute approximate surface area is 93.5 Å². The lowest BCUT2D eigenvalue weighted by molar-refractivity contribution is 0.350. The number of allylic oxidation sites excluding steroid dienone is 4. The molecule has 0 N–H and O–H groups in total. The van der Waals surface area contributed by atoms with E-state index in [0.717, 1.165) is 18.4 Å². The standard InChI is InChI=1S/C14H21N/c1-10(2)13(9-15)12-6-11(3)7-14(4,5)8-12/h6,10H,7-8H2,1-5H3/b13-12+. The monoisotopic (exact) mass is 203 g/mol. The second kappa shape index (κ2) is 4.23. The van der Waals surface area contributed by atoms with Crippen LogP contribution >= 0.6 is 0 Å². The number of nitrogens with zero attached hydrogens (tertiary/aromatic N) is 1. The fraction of sp³-hybridized carbons (Fsp3) is 0.643. The maximum atomic E-state index is 9.17. The Morgan fingerprint density at radius 2 is 2.00 bits per heavy atom. The summed E-state index contributed by atoms with van der Waals surface area (Å²) in [5.41, 5.74) is 3.92. The van der Waals surface area contributed by atoms with Gasteiger partial charge < -0.3 is 0 Å². The fourth-order valence-corrected chi connectivity index (χ4v) is 2.48. The van der Waals surface area contributed by atoms with Crippen molar-refractivity contribution in [2.24, 2.45) is 11.3 Å². The van der Waals surface area contributed by atoms with Gasteiger partial charge in [0.1, 0.15) is 0 Å². The Balaban J connectivity index is 3.16. The normalized spacial score (nSPS) is 23.4. The van der Waals surface area contributed by atoms with Crippen molar-refractivity contribution in [3.05, 3.63) is 22.8 Å². The van der Waals surface area contributed by atoms with E-state index in [-0.39, 0.29) is 0 Å². The van der Waals surface area contributed by atoms with Crippen LogP contribution < -0.4 is 0 Å². The van der Waals surface area contributed by atoms with E-state index in [0.29, 0.717) is 11.3 Å². The highest BCUT2D eigenvalue weighted by molar-refractivity contribution is 5.40. The number of hydrogen-bond acceptors (Lipinski definition) is 1. The molecule has 0 aromatic rings. The second-order valence-electron chi connectivity index (χ2n) is 5.71. The first-order chi connectivity index (χ1) is 6.85. The molecule has 0 bridgehead atoms. The van der Waals surface area contributed by atoms with Crippen LogP contribution in [0, 0.1) is 22.7 Å². The predicted molar refractivity (Wildman–Crippen MR) is 64.2 cm³/mol. The van der Waals surface area contributed by atoms with E-state index in [4.69, 9.17) is 5.26 Å². The molecule has 0 heterocycles. The van der Waals surface area contributed by atoms with Gasteiger partial charge >= 0.3 is 0 Å². The Hall–Kier alpha value is -1.03. The lowest BCUT2D eigenvalue weighted by Gasteiger charge is -2.31. The van der Waals surface area contributed by atoms with Crippen LogP contribution in [0.4, 0.5) is 0 Å². The first-order valence-electron chi connectivity index (χ1n) is 5.66. The molecule has 82 valence electrons. The van der Waals surface area contributed by atoms with Crippen LogP contribution in [0.5, 0.6) is 0 Å². The van der Waals surface area contributed by atoms with Gasteiger partial charge in [-0.05, 0) is 36.7 Å². The van der Waals surface area contributed by atoms with Crippen molar-refractivity contribution in [1.82, 2.24) is 0 Å². The predicted octanol–water partition coefficient (Wildman–Crippen LogP) is 4.23. The van der Waals surface area contributed by atoms with Crippen LogP contribution in [0.3, 0.4) is 0 Å². The first-order valence-corrected chi connectivity index (χ1v) is 5.66. The molecule has 0 aliphatic heterocycles. The summed E-state index contributed by atoms with van der Waals surface area (Å²) in [4.78, 5) is 0. The van der Waals surface area contributed by atoms with Crippen molar-refractivity contribution >= 4 is 0 Å². The Bertz CT molecular complexity index is 348. The third kappa shape index (κ3) is 2.96. The average Bonchev–Trinajstić information content (AvgIpc) is 1.99. The molecule has 0 aromatic carbocycles. The molecule has 0 atom stereocenters. The lowest BCUT2D eigenvalue weighted by Crippen LogP contribution is -2.18. The minimum absolute atomic E-state index is 0.311. The van der Waals surface area contributed by atoms with E-state index in [9.17, 15) is 0 Å². The molecule has 0 unspecified atom stereocenters. The van der Waals surface area contributed by atoms with Gasteiger partial charge in [-0.3, -0.25) is 0 Å². The van der Waals surface area contributed by atoms with E-state index in [2.05, 4.69) is 46.8 Å². The summed E-state index contributed by atoms with van der Waals surface area (Å²) in [5.74, 6) is 0.336. The summed E-state index contributed by atoms with van der Waals surface area (Å²) < 4.78 is 0. The average molecular weight is 203 g/mol. The maximum absolute atomic E-state index is 9.17. The van der Waals surface area contributed by atoms with Gasteiger partial charge in [0.2, 0.25) is 0 Å². The van der Waals surface area contributed by atoms with Crippen LogP contribution in [0.25, 0.3) is 0 Å². The largest absolute Gasteiger partial charge is 0.193 e. The third-order valence-electron chi connectivity index (χ3n) is 2.89. The van der Waals surface area contributed by atoms with Gasteiger partial charge in [-0.2, -0.15) is 5.26 Å². The minimum Gasteiger partial charge on any atom is -0.193 e. The zero-order valence-corrected chi connectivity index (χ0v) is 10.5. The smallest absolute Gasteiger partial charge is 0.0952 e. The van der Waals surface area contributed by atoms with E-state index in [1.807, 2.05) is 0 Å². The lowest BCUT2D eigenvalue weighted by atomic mass is 9.74. The highest BCUT2D eigenvalue weighted by atomic mass is 14.3. The van der Waals surface area contributed by atoms with Gasteiger partial charge in [0.25, 0.3) is 0 Å². The van der Waals surface area contributed by atoms with Crippen molar-refractivity contribution < 1.29 is 0 Å². The van der Waals surface area contributed by atoms with Crippen molar-refractivity contribution in [2.75, 3.05) is 0 Å². The fourth-order valence-electron chi connectivity index (χ4n) is 2.48. The molecule has 1 rings (SSSR count). The summed E-state index contributed by atoms with van der Waals surface area (Å²) in [6, 6.07) is 2.36. The SMILES string of the molecule is CC1=C/C(=C(/C#N)C(C)C)CC(C)(C)C1. The molecule has 15 heavy (non-hydrogen) atoms. The molecule has 0 amide bonds. The maximum Gasteiger partial charge on any atom is 0.0952 e. The van der Waals surface area contributed by atoms with Crippen molar-refractivity contribution in [3.8, 4) is 6.07 Å². The third-order valence-corrected chi connectivity index (χ3v) is 2.89. The van der Waals surface area contributed by atoms with E-state index in [1.165, 1.54) is 11.1 Å². The first kappa shape index (κ1) is 12.0. The Kier molecular flexibility index (Phi) is 3.39. The molecule has 0 saturated heterocycles. The number of rotatable bonds is 1. The molecule has 0 spiro atoms. The molecule has 1 nitrogen and oxygen atoms in total. The van der Waals surface area contributed by atoms with Gasteiger partial charge in [0, 0.05) is 5.57 Å². The van der Waals surface area contributed by atoms with Gasteiger partial charge in [0.05, 0.1) is 6.07 Å². The zero-order chi connectivity index (χ0) is 11.6. The van der Waals surface area contributed by atoms with Crippen LogP contribution in [0.15, 0.2) is 22.8 Å². The number of nitriles is 1. The summed E-state index contributed by atoms with van der Waals surface area (Å²) in [5, 5.41) is 9.17. The molecule has 0 fully saturated rings. The quantitative estimate of drug-likeness (QED) is 0.585. The molecule has 1 aliphatic rings. The highest BCUT2D eigenvalue weighted by Gasteiger charge is 2.25. The summed E-state index contributed by atoms with van der Waals surface area (Å²) in [7, 11) is 0. The van der Waals surface area contributed by atoms with Crippen molar-refractivity contribution in [2.45, 2.75) is 47.5 Å². The summed E-state index contributed by atoms with van der Waals surface area (Å²) >= 11 is 0. The van der Waals surface area contributed by atoms with Crippen LogP contribution in [0.2, 0.25) is 0 Å². The Morgan fingerprint density at radius 3 is 2.40 bits per heavy atom. The molecule has 0 aromatic heterocycles. The highest BCUT2D eigenvalue weighted by Crippen LogP contribution is 2.39. The molecule has 0 saturated carbocycles. The van der Waals surface area contributed by atoms with E-state index in [1.54, 1.807) is 0 Å². The summed E-state index contributed by atoms with van der Waals surface area (Å²) in [6.07, 6.45) is 4.39. The minimum atomic E-state index is 0.311. The van der Waals surface area contributed by atoms with Gasteiger partial charge in [-0.15, -0.1) is 0 Å². The molecule has 1 aliphatic carbocycles. The van der Waals surface area contributed by atoms with Crippen molar-refractivity contribution in [1.29, 1.82) is 5.26 Å².